The predicted molar refractivity (Wildman–Crippen MR) is 57.2 cm³/mol. The first kappa shape index (κ1) is 13.1. The van der Waals surface area contributed by atoms with Gasteiger partial charge in [-0.1, -0.05) is 13.0 Å². The van der Waals surface area contributed by atoms with Gasteiger partial charge < -0.3 is 15.4 Å². The first-order valence-electron chi connectivity index (χ1n) is 4.84. The SMILES string of the molecule is C=CCNCC(=O)NC(CC)COC. The molecule has 1 unspecified atom stereocenters. The molecule has 4 heteroatoms. The third-order valence-electron chi connectivity index (χ3n) is 1.80. The Morgan fingerprint density at radius 2 is 2.36 bits per heavy atom. The van der Waals surface area contributed by atoms with Crippen LogP contribution in [0.3, 0.4) is 0 Å². The molecular formula is C10H20N2O2. The average molecular weight is 200 g/mol. The van der Waals surface area contributed by atoms with Crippen molar-refractivity contribution in [3.05, 3.63) is 12.7 Å². The topological polar surface area (TPSA) is 50.4 Å². The largest absolute Gasteiger partial charge is 0.383 e. The molecule has 0 aliphatic heterocycles. The molecule has 2 N–H and O–H groups in total. The molecule has 0 aromatic heterocycles. The maximum absolute atomic E-state index is 11.3. The fourth-order valence-electron chi connectivity index (χ4n) is 1.03. The van der Waals surface area contributed by atoms with E-state index in [1.807, 2.05) is 6.92 Å². The summed E-state index contributed by atoms with van der Waals surface area (Å²) < 4.78 is 4.97. The summed E-state index contributed by atoms with van der Waals surface area (Å²) in [4.78, 5) is 11.3. The van der Waals surface area contributed by atoms with Crippen LogP contribution < -0.4 is 10.6 Å². The van der Waals surface area contributed by atoms with E-state index in [4.69, 9.17) is 4.74 Å². The molecule has 82 valence electrons. The molecule has 14 heavy (non-hydrogen) atoms. The Labute approximate surface area is 85.7 Å². The van der Waals surface area contributed by atoms with Crippen LogP contribution >= 0.6 is 0 Å². The van der Waals surface area contributed by atoms with E-state index < -0.39 is 0 Å². The van der Waals surface area contributed by atoms with E-state index in [1.165, 1.54) is 0 Å². The summed E-state index contributed by atoms with van der Waals surface area (Å²) in [7, 11) is 1.63. The average Bonchev–Trinajstić information content (AvgIpc) is 2.17. The van der Waals surface area contributed by atoms with Crippen molar-refractivity contribution in [2.45, 2.75) is 19.4 Å². The third kappa shape index (κ3) is 6.62. The molecule has 0 aliphatic rings. The first-order valence-corrected chi connectivity index (χ1v) is 4.84. The Bertz CT molecular complexity index is 172. The van der Waals surface area contributed by atoms with Gasteiger partial charge in [-0.25, -0.2) is 0 Å². The van der Waals surface area contributed by atoms with E-state index >= 15 is 0 Å². The normalized spacial score (nSPS) is 12.1. The second-order valence-electron chi connectivity index (χ2n) is 3.05. The summed E-state index contributed by atoms with van der Waals surface area (Å²) in [6.07, 6.45) is 2.60. The second-order valence-corrected chi connectivity index (χ2v) is 3.05. The first-order chi connectivity index (χ1) is 6.74. The van der Waals surface area contributed by atoms with Crippen LogP contribution in [0.4, 0.5) is 0 Å². The molecule has 0 saturated carbocycles. The van der Waals surface area contributed by atoms with Crippen molar-refractivity contribution in [3.63, 3.8) is 0 Å². The Morgan fingerprint density at radius 3 is 2.86 bits per heavy atom. The van der Waals surface area contributed by atoms with Gasteiger partial charge in [0, 0.05) is 13.7 Å². The van der Waals surface area contributed by atoms with E-state index in [-0.39, 0.29) is 11.9 Å². The fourth-order valence-corrected chi connectivity index (χ4v) is 1.03. The van der Waals surface area contributed by atoms with Gasteiger partial charge in [-0.3, -0.25) is 4.79 Å². The van der Waals surface area contributed by atoms with Gasteiger partial charge >= 0.3 is 0 Å². The van der Waals surface area contributed by atoms with E-state index in [0.717, 1.165) is 6.42 Å². The molecule has 4 nitrogen and oxygen atoms in total. The number of nitrogens with one attached hydrogen (secondary N) is 2. The van der Waals surface area contributed by atoms with Crippen LogP contribution in [-0.2, 0) is 9.53 Å². The quantitative estimate of drug-likeness (QED) is 0.438. The second kappa shape index (κ2) is 8.72. The number of methoxy groups -OCH3 is 1. The highest BCUT2D eigenvalue weighted by Gasteiger charge is 2.08. The molecule has 1 amide bonds. The maximum Gasteiger partial charge on any atom is 0.234 e. The highest BCUT2D eigenvalue weighted by molar-refractivity contribution is 5.78. The fraction of sp³-hybridized carbons (Fsp3) is 0.700. The molecule has 0 bridgehead atoms. The lowest BCUT2D eigenvalue weighted by molar-refractivity contribution is -0.121. The zero-order chi connectivity index (χ0) is 10.8. The molecule has 0 saturated heterocycles. The summed E-state index contributed by atoms with van der Waals surface area (Å²) in [6, 6.07) is 0.109. The van der Waals surface area contributed by atoms with Crippen molar-refractivity contribution >= 4 is 5.91 Å². The van der Waals surface area contributed by atoms with Crippen molar-refractivity contribution in [1.29, 1.82) is 0 Å². The number of rotatable bonds is 8. The minimum absolute atomic E-state index is 0.00394. The molecule has 0 rings (SSSR count). The third-order valence-corrected chi connectivity index (χ3v) is 1.80. The van der Waals surface area contributed by atoms with Gasteiger partial charge in [0.2, 0.25) is 5.91 Å². The molecule has 0 spiro atoms. The smallest absolute Gasteiger partial charge is 0.234 e. The lowest BCUT2D eigenvalue weighted by atomic mass is 10.2. The minimum atomic E-state index is -0.00394. The molecule has 0 radical (unpaired) electrons. The monoisotopic (exact) mass is 200 g/mol. The van der Waals surface area contributed by atoms with E-state index in [0.29, 0.717) is 19.7 Å². The number of hydrogen-bond donors (Lipinski definition) is 2. The Morgan fingerprint density at radius 1 is 1.64 bits per heavy atom. The van der Waals surface area contributed by atoms with Gasteiger partial charge in [0.15, 0.2) is 0 Å². The molecule has 0 heterocycles. The van der Waals surface area contributed by atoms with Gasteiger partial charge in [-0.2, -0.15) is 0 Å². The van der Waals surface area contributed by atoms with Crippen molar-refractivity contribution in [3.8, 4) is 0 Å². The Hall–Kier alpha value is -0.870. The van der Waals surface area contributed by atoms with E-state index in [9.17, 15) is 4.79 Å². The Kier molecular flexibility index (Phi) is 8.17. The summed E-state index contributed by atoms with van der Waals surface area (Å²) in [5.41, 5.74) is 0. The van der Waals surface area contributed by atoms with Crippen LogP contribution in [-0.4, -0.2) is 38.8 Å². The molecule has 0 aromatic rings. The molecule has 0 fully saturated rings. The van der Waals surface area contributed by atoms with Crippen molar-refractivity contribution in [1.82, 2.24) is 10.6 Å². The summed E-state index contributed by atoms with van der Waals surface area (Å²) >= 11 is 0. The van der Waals surface area contributed by atoms with Gasteiger partial charge in [0.25, 0.3) is 0 Å². The van der Waals surface area contributed by atoms with Crippen LogP contribution in [0.25, 0.3) is 0 Å². The van der Waals surface area contributed by atoms with Gasteiger partial charge in [-0.15, -0.1) is 6.58 Å². The lowest BCUT2D eigenvalue weighted by Gasteiger charge is -2.15. The molecule has 0 aromatic carbocycles. The van der Waals surface area contributed by atoms with Crippen LogP contribution in [0, 0.1) is 0 Å². The zero-order valence-electron chi connectivity index (χ0n) is 9.01. The van der Waals surface area contributed by atoms with Crippen LogP contribution in [0.2, 0.25) is 0 Å². The predicted octanol–water partition coefficient (Wildman–Crippen LogP) is 0.303. The van der Waals surface area contributed by atoms with Crippen LogP contribution in [0.15, 0.2) is 12.7 Å². The highest BCUT2D eigenvalue weighted by Crippen LogP contribution is 1.90. The minimum Gasteiger partial charge on any atom is -0.383 e. The zero-order valence-corrected chi connectivity index (χ0v) is 9.01. The van der Waals surface area contributed by atoms with Gasteiger partial charge in [0.05, 0.1) is 19.2 Å². The van der Waals surface area contributed by atoms with Crippen LogP contribution in [0.1, 0.15) is 13.3 Å². The van der Waals surface area contributed by atoms with E-state index in [2.05, 4.69) is 17.2 Å². The molecule has 1 atom stereocenters. The summed E-state index contributed by atoms with van der Waals surface area (Å²) in [6.45, 7) is 7.10. The number of ether oxygens (including phenoxy) is 1. The lowest BCUT2D eigenvalue weighted by Crippen LogP contribution is -2.42. The van der Waals surface area contributed by atoms with E-state index in [1.54, 1.807) is 13.2 Å². The van der Waals surface area contributed by atoms with Crippen molar-refractivity contribution < 1.29 is 9.53 Å². The molecular weight excluding hydrogens is 180 g/mol. The standard InChI is InChI=1S/C10H20N2O2/c1-4-6-11-7-10(13)12-9(5-2)8-14-3/h4,9,11H,1,5-8H2,2-3H3,(H,12,13). The van der Waals surface area contributed by atoms with Crippen molar-refractivity contribution in [2.75, 3.05) is 26.8 Å². The number of hydrogen-bond acceptors (Lipinski definition) is 3. The number of carbonyl (C=O) groups excluding carboxylic acids is 1. The Balaban J connectivity index is 3.61. The summed E-state index contributed by atoms with van der Waals surface area (Å²) in [5.74, 6) is -0.00394. The summed E-state index contributed by atoms with van der Waals surface area (Å²) in [5, 5.41) is 5.80. The molecule has 0 aliphatic carbocycles. The number of amides is 1. The van der Waals surface area contributed by atoms with Crippen molar-refractivity contribution in [2.24, 2.45) is 0 Å². The number of carbonyl (C=O) groups is 1. The van der Waals surface area contributed by atoms with Gasteiger partial charge in [0.1, 0.15) is 0 Å². The van der Waals surface area contributed by atoms with Gasteiger partial charge in [-0.05, 0) is 6.42 Å². The van der Waals surface area contributed by atoms with Crippen LogP contribution in [0.5, 0.6) is 0 Å². The maximum atomic E-state index is 11.3. The highest BCUT2D eigenvalue weighted by atomic mass is 16.5.